The molecule has 0 saturated carbocycles. The van der Waals surface area contributed by atoms with Gasteiger partial charge in [0.15, 0.2) is 5.01 Å². The van der Waals surface area contributed by atoms with Crippen LogP contribution >= 0.6 is 11.3 Å². The number of nitrogens with zero attached hydrogens (tertiary/aromatic N) is 1. The van der Waals surface area contributed by atoms with E-state index in [4.69, 9.17) is 0 Å². The zero-order chi connectivity index (χ0) is 18.4. The van der Waals surface area contributed by atoms with Gasteiger partial charge >= 0.3 is 0 Å². The molecule has 5 nitrogen and oxygen atoms in total. The van der Waals surface area contributed by atoms with Crippen LogP contribution < -0.4 is 10.9 Å². The van der Waals surface area contributed by atoms with E-state index >= 15 is 0 Å². The molecule has 27 heavy (non-hydrogen) atoms. The van der Waals surface area contributed by atoms with Crippen LogP contribution in [0.15, 0.2) is 47.3 Å². The summed E-state index contributed by atoms with van der Waals surface area (Å²) in [5, 5.41) is 4.40. The summed E-state index contributed by atoms with van der Waals surface area (Å²) in [7, 11) is 0. The Bertz CT molecular complexity index is 1220. The second-order valence-corrected chi connectivity index (χ2v) is 7.85. The molecule has 0 radical (unpaired) electrons. The fraction of sp³-hybridized carbons (Fsp3) is 0.190. The molecule has 2 heterocycles. The molecule has 2 N–H and O–H groups in total. The van der Waals surface area contributed by atoms with E-state index in [0.717, 1.165) is 57.9 Å². The van der Waals surface area contributed by atoms with Crippen molar-refractivity contribution in [1.82, 2.24) is 9.97 Å². The predicted octanol–water partition coefficient (Wildman–Crippen LogP) is 4.27. The average Bonchev–Trinajstić information content (AvgIpc) is 3.12. The lowest BCUT2D eigenvalue weighted by Crippen LogP contribution is -2.19. The molecule has 0 bridgehead atoms. The highest BCUT2D eigenvalue weighted by Gasteiger charge is 2.17. The lowest BCUT2D eigenvalue weighted by molar-refractivity contribution is 0.102. The number of rotatable bonds is 2. The van der Waals surface area contributed by atoms with E-state index < -0.39 is 0 Å². The van der Waals surface area contributed by atoms with Crippen molar-refractivity contribution in [2.24, 2.45) is 0 Å². The van der Waals surface area contributed by atoms with Crippen molar-refractivity contribution in [2.45, 2.75) is 25.7 Å². The van der Waals surface area contributed by atoms with E-state index in [0.29, 0.717) is 10.7 Å². The summed E-state index contributed by atoms with van der Waals surface area (Å²) in [5.74, 6) is -0.240. The molecule has 6 heteroatoms. The van der Waals surface area contributed by atoms with Gasteiger partial charge in [0, 0.05) is 16.6 Å². The number of para-hydroxylation sites is 1. The number of anilines is 1. The number of amides is 1. The highest BCUT2D eigenvalue weighted by atomic mass is 32.1. The highest BCUT2D eigenvalue weighted by Crippen LogP contribution is 2.28. The maximum absolute atomic E-state index is 12.6. The number of benzene rings is 2. The maximum Gasteiger partial charge on any atom is 0.284 e. The molecule has 134 valence electrons. The van der Waals surface area contributed by atoms with Gasteiger partial charge in [0.05, 0.1) is 15.7 Å². The van der Waals surface area contributed by atoms with Crippen LogP contribution in [0.25, 0.3) is 21.1 Å². The van der Waals surface area contributed by atoms with E-state index in [1.807, 2.05) is 42.5 Å². The summed E-state index contributed by atoms with van der Waals surface area (Å²) < 4.78 is 0.983. The van der Waals surface area contributed by atoms with Crippen molar-refractivity contribution in [2.75, 3.05) is 5.32 Å². The number of carbonyl (C=O) groups excluding carboxylic acids is 1. The summed E-state index contributed by atoms with van der Waals surface area (Å²) >= 11 is 1.37. The number of thiazole rings is 1. The van der Waals surface area contributed by atoms with Gasteiger partial charge in [-0.3, -0.25) is 9.59 Å². The van der Waals surface area contributed by atoms with Crippen LogP contribution in [0.2, 0.25) is 0 Å². The minimum Gasteiger partial charge on any atom is -0.322 e. The first-order valence-corrected chi connectivity index (χ1v) is 9.85. The van der Waals surface area contributed by atoms with Gasteiger partial charge in [0.1, 0.15) is 0 Å². The number of aryl methyl sites for hydroxylation is 1. The molecule has 1 aliphatic rings. The molecule has 0 saturated heterocycles. The van der Waals surface area contributed by atoms with Gasteiger partial charge in [-0.1, -0.05) is 18.2 Å². The van der Waals surface area contributed by atoms with Crippen LogP contribution in [0.1, 0.15) is 33.8 Å². The van der Waals surface area contributed by atoms with Crippen molar-refractivity contribution >= 4 is 44.1 Å². The van der Waals surface area contributed by atoms with Crippen LogP contribution in [0.5, 0.6) is 0 Å². The molecule has 0 aliphatic heterocycles. The first-order chi connectivity index (χ1) is 13.2. The predicted molar refractivity (Wildman–Crippen MR) is 109 cm³/mol. The van der Waals surface area contributed by atoms with Gasteiger partial charge in [-0.25, -0.2) is 4.98 Å². The molecule has 0 spiro atoms. The number of pyridine rings is 1. The van der Waals surface area contributed by atoms with E-state index in [1.165, 1.54) is 11.3 Å². The zero-order valence-electron chi connectivity index (χ0n) is 14.5. The molecular formula is C21H17N3O2S. The second kappa shape index (κ2) is 6.32. The second-order valence-electron chi connectivity index (χ2n) is 6.82. The Morgan fingerprint density at radius 2 is 1.89 bits per heavy atom. The van der Waals surface area contributed by atoms with Crippen molar-refractivity contribution in [3.63, 3.8) is 0 Å². The monoisotopic (exact) mass is 375 g/mol. The average molecular weight is 375 g/mol. The van der Waals surface area contributed by atoms with Crippen molar-refractivity contribution in [3.05, 3.63) is 69.0 Å². The Kier molecular flexibility index (Phi) is 3.79. The first-order valence-electron chi connectivity index (χ1n) is 9.04. The molecular weight excluding hydrogens is 358 g/mol. The SMILES string of the molecule is O=C(Nc1ccc2c3c(c(=O)[nH]c2c1)CCCC3)c1nc2ccccc2s1. The largest absolute Gasteiger partial charge is 0.322 e. The quantitative estimate of drug-likeness (QED) is 0.549. The third-order valence-corrected chi connectivity index (χ3v) is 6.12. The highest BCUT2D eigenvalue weighted by molar-refractivity contribution is 7.20. The maximum atomic E-state index is 12.6. The van der Waals surface area contributed by atoms with Crippen LogP contribution in [-0.4, -0.2) is 15.9 Å². The molecule has 4 aromatic rings. The summed E-state index contributed by atoms with van der Waals surface area (Å²) in [5.41, 5.74) is 4.30. The van der Waals surface area contributed by atoms with Crippen molar-refractivity contribution < 1.29 is 4.79 Å². The summed E-state index contributed by atoms with van der Waals surface area (Å²) in [4.78, 5) is 32.3. The normalized spacial score (nSPS) is 13.6. The zero-order valence-corrected chi connectivity index (χ0v) is 15.4. The number of nitrogens with one attached hydrogen (secondary N) is 2. The van der Waals surface area contributed by atoms with Crippen molar-refractivity contribution in [3.8, 4) is 0 Å². The van der Waals surface area contributed by atoms with Gasteiger partial charge in [0.2, 0.25) is 0 Å². The molecule has 1 aliphatic carbocycles. The lowest BCUT2D eigenvalue weighted by atomic mass is 9.90. The number of aromatic amines is 1. The summed E-state index contributed by atoms with van der Waals surface area (Å²) in [6.07, 6.45) is 3.96. The molecule has 5 rings (SSSR count). The number of H-pyrrole nitrogens is 1. The lowest BCUT2D eigenvalue weighted by Gasteiger charge is -2.17. The molecule has 0 unspecified atom stereocenters. The first kappa shape index (κ1) is 16.2. The molecule has 0 atom stereocenters. The Morgan fingerprint density at radius 1 is 1.07 bits per heavy atom. The molecule has 1 amide bonds. The summed E-state index contributed by atoms with van der Waals surface area (Å²) in [6, 6.07) is 13.4. The van der Waals surface area contributed by atoms with Crippen LogP contribution in [0.4, 0.5) is 5.69 Å². The Balaban J connectivity index is 1.50. The van der Waals surface area contributed by atoms with Gasteiger partial charge in [0.25, 0.3) is 11.5 Å². The van der Waals surface area contributed by atoms with Gasteiger partial charge in [-0.2, -0.15) is 0 Å². The van der Waals surface area contributed by atoms with E-state index in [1.54, 1.807) is 0 Å². The van der Waals surface area contributed by atoms with Gasteiger partial charge < -0.3 is 10.3 Å². The number of aromatic nitrogens is 2. The fourth-order valence-electron chi connectivity index (χ4n) is 3.79. The van der Waals surface area contributed by atoms with E-state index in [2.05, 4.69) is 15.3 Å². The standard InChI is InChI=1S/C21H17N3O2S/c25-19-15-6-2-1-5-13(15)14-10-9-12(11-17(14)23-19)22-20(26)21-24-16-7-3-4-8-18(16)27-21/h3-4,7-11H,1-2,5-6H2,(H,22,26)(H,23,25). The van der Waals surface area contributed by atoms with Gasteiger partial charge in [-0.05, 0) is 55.5 Å². The van der Waals surface area contributed by atoms with Crippen molar-refractivity contribution in [1.29, 1.82) is 0 Å². The minimum atomic E-state index is -0.240. The topological polar surface area (TPSA) is 74.8 Å². The number of hydrogen-bond acceptors (Lipinski definition) is 4. The Hall–Kier alpha value is -2.99. The molecule has 0 fully saturated rings. The van der Waals surface area contributed by atoms with Crippen LogP contribution in [0.3, 0.4) is 0 Å². The number of fused-ring (bicyclic) bond motifs is 4. The summed E-state index contributed by atoms with van der Waals surface area (Å²) in [6.45, 7) is 0. The molecule has 2 aromatic carbocycles. The van der Waals surface area contributed by atoms with Crippen LogP contribution in [-0.2, 0) is 12.8 Å². The van der Waals surface area contributed by atoms with Gasteiger partial charge in [-0.15, -0.1) is 11.3 Å². The van der Waals surface area contributed by atoms with Crippen LogP contribution in [0, 0.1) is 0 Å². The number of carbonyl (C=O) groups is 1. The Labute approximate surface area is 159 Å². The number of hydrogen-bond donors (Lipinski definition) is 2. The van der Waals surface area contributed by atoms with E-state index in [9.17, 15) is 9.59 Å². The van der Waals surface area contributed by atoms with E-state index in [-0.39, 0.29) is 11.5 Å². The third-order valence-electron chi connectivity index (χ3n) is 5.08. The molecule has 2 aromatic heterocycles. The Morgan fingerprint density at radius 3 is 2.74 bits per heavy atom. The fourth-order valence-corrected chi connectivity index (χ4v) is 4.65. The minimum absolute atomic E-state index is 0.00755. The smallest absolute Gasteiger partial charge is 0.284 e. The third kappa shape index (κ3) is 2.82.